The maximum absolute atomic E-state index is 13.9. The smallest absolute Gasteiger partial charge is 0.129 e. The number of hydrogen-bond acceptors (Lipinski definition) is 4. The molecule has 0 spiro atoms. The molecule has 0 aromatic heterocycles. The summed E-state index contributed by atoms with van der Waals surface area (Å²) in [6.07, 6.45) is -0.714. The van der Waals surface area contributed by atoms with E-state index in [9.17, 15) is 9.50 Å². The summed E-state index contributed by atoms with van der Waals surface area (Å²) < 4.78 is 19.5. The van der Waals surface area contributed by atoms with E-state index in [1.807, 2.05) is 37.3 Å². The van der Waals surface area contributed by atoms with Gasteiger partial charge in [-0.15, -0.1) is 0 Å². The molecule has 0 radical (unpaired) electrons. The van der Waals surface area contributed by atoms with Crippen LogP contribution in [0.4, 0.5) is 4.39 Å². The minimum Gasteiger partial charge on any atom is -0.491 e. The minimum atomic E-state index is -0.714. The van der Waals surface area contributed by atoms with Crippen molar-refractivity contribution < 1.29 is 14.2 Å². The van der Waals surface area contributed by atoms with Crippen molar-refractivity contribution in [3.8, 4) is 11.8 Å². The van der Waals surface area contributed by atoms with Crippen LogP contribution in [0.3, 0.4) is 0 Å². The maximum atomic E-state index is 13.9. The van der Waals surface area contributed by atoms with Crippen molar-refractivity contribution in [1.29, 1.82) is 5.26 Å². The Morgan fingerprint density at radius 2 is 2.08 bits per heavy atom. The lowest BCUT2D eigenvalue weighted by molar-refractivity contribution is 0.104. The zero-order valence-electron chi connectivity index (χ0n) is 13.8. The number of nitriles is 1. The quantitative estimate of drug-likeness (QED) is 0.820. The Labute approximate surface area is 141 Å². The van der Waals surface area contributed by atoms with E-state index < -0.39 is 11.9 Å². The Morgan fingerprint density at radius 3 is 2.75 bits per heavy atom. The van der Waals surface area contributed by atoms with Crippen molar-refractivity contribution in [1.82, 2.24) is 5.32 Å². The molecule has 0 aliphatic carbocycles. The highest BCUT2D eigenvalue weighted by Gasteiger charge is 2.13. The highest BCUT2D eigenvalue weighted by molar-refractivity contribution is 5.34. The molecule has 0 heterocycles. The normalized spacial score (nSPS) is 13.1. The Bertz CT molecular complexity index is 728. The molecular weight excluding hydrogens is 307 g/mol. The first-order chi connectivity index (χ1) is 11.5. The number of rotatable bonds is 7. The lowest BCUT2D eigenvalue weighted by Gasteiger charge is -2.18. The number of benzene rings is 2. The van der Waals surface area contributed by atoms with Crippen LogP contribution >= 0.6 is 0 Å². The van der Waals surface area contributed by atoms with E-state index in [-0.39, 0.29) is 24.8 Å². The Balaban J connectivity index is 1.83. The Kier molecular flexibility index (Phi) is 6.30. The average Bonchev–Trinajstić information content (AvgIpc) is 2.57. The third kappa shape index (κ3) is 5.05. The molecule has 126 valence electrons. The van der Waals surface area contributed by atoms with E-state index in [4.69, 9.17) is 10.00 Å². The topological polar surface area (TPSA) is 65.3 Å². The molecule has 0 amide bonds. The highest BCUT2D eigenvalue weighted by atomic mass is 19.1. The van der Waals surface area contributed by atoms with Gasteiger partial charge in [0, 0.05) is 18.2 Å². The lowest BCUT2D eigenvalue weighted by atomic mass is 10.1. The average molecular weight is 328 g/mol. The first-order valence-corrected chi connectivity index (χ1v) is 7.80. The lowest BCUT2D eigenvalue weighted by Crippen LogP contribution is -2.33. The third-order valence-electron chi connectivity index (χ3n) is 3.69. The van der Waals surface area contributed by atoms with Crippen molar-refractivity contribution >= 4 is 0 Å². The summed E-state index contributed by atoms with van der Waals surface area (Å²) >= 11 is 0. The molecule has 0 saturated heterocycles. The molecule has 2 aromatic rings. The van der Waals surface area contributed by atoms with Crippen LogP contribution in [0.1, 0.15) is 29.7 Å². The van der Waals surface area contributed by atoms with Crippen LogP contribution in [-0.4, -0.2) is 24.4 Å². The second-order valence-electron chi connectivity index (χ2n) is 5.76. The second-order valence-corrected chi connectivity index (χ2v) is 5.76. The minimum absolute atomic E-state index is 0.152. The largest absolute Gasteiger partial charge is 0.491 e. The summed E-state index contributed by atoms with van der Waals surface area (Å²) in [6.45, 7) is 4.20. The molecule has 5 heteroatoms. The van der Waals surface area contributed by atoms with Gasteiger partial charge >= 0.3 is 0 Å². The molecule has 24 heavy (non-hydrogen) atoms. The number of nitrogens with one attached hydrogen (secondary N) is 1. The first-order valence-electron chi connectivity index (χ1n) is 7.80. The maximum Gasteiger partial charge on any atom is 0.129 e. The van der Waals surface area contributed by atoms with Gasteiger partial charge in [0.05, 0.1) is 11.6 Å². The number of hydrogen-bond donors (Lipinski definition) is 2. The molecule has 2 unspecified atom stereocenters. The van der Waals surface area contributed by atoms with Crippen LogP contribution in [0.15, 0.2) is 42.5 Å². The summed E-state index contributed by atoms with van der Waals surface area (Å²) in [5.74, 6) is 0.278. The molecule has 2 aromatic carbocycles. The van der Waals surface area contributed by atoms with Crippen molar-refractivity contribution in [2.24, 2.45) is 0 Å². The zero-order valence-corrected chi connectivity index (χ0v) is 13.8. The standard InChI is InChI=1S/C19H21FN2O2/c1-13-4-3-5-17(8-13)24-12-16(23)11-22-14(2)18-7-6-15(10-21)9-19(18)20/h3-9,14,16,22-23H,11-12H2,1-2H3. The predicted molar refractivity (Wildman–Crippen MR) is 90.2 cm³/mol. The molecule has 0 aliphatic heterocycles. The van der Waals surface area contributed by atoms with Crippen LogP contribution in [0.25, 0.3) is 0 Å². The number of aliphatic hydroxyl groups is 1. The summed E-state index contributed by atoms with van der Waals surface area (Å²) in [7, 11) is 0. The fraction of sp³-hybridized carbons (Fsp3) is 0.316. The molecule has 2 N–H and O–H groups in total. The highest BCUT2D eigenvalue weighted by Crippen LogP contribution is 2.18. The van der Waals surface area contributed by atoms with Gasteiger partial charge in [-0.3, -0.25) is 0 Å². The summed E-state index contributed by atoms with van der Waals surface area (Å²) in [6, 6.07) is 13.6. The van der Waals surface area contributed by atoms with Crippen LogP contribution in [0.5, 0.6) is 5.75 Å². The van der Waals surface area contributed by atoms with Gasteiger partial charge in [-0.25, -0.2) is 4.39 Å². The van der Waals surface area contributed by atoms with Gasteiger partial charge in [0.1, 0.15) is 24.3 Å². The van der Waals surface area contributed by atoms with Gasteiger partial charge in [0.25, 0.3) is 0 Å². The molecule has 2 atom stereocenters. The van der Waals surface area contributed by atoms with E-state index in [1.54, 1.807) is 19.1 Å². The first kappa shape index (κ1) is 17.9. The van der Waals surface area contributed by atoms with Gasteiger partial charge in [-0.2, -0.15) is 5.26 Å². The predicted octanol–water partition coefficient (Wildman–Crippen LogP) is 3.10. The molecule has 0 aliphatic rings. The number of aliphatic hydroxyl groups excluding tert-OH is 1. The van der Waals surface area contributed by atoms with Crippen molar-refractivity contribution in [3.63, 3.8) is 0 Å². The van der Waals surface area contributed by atoms with Crippen LogP contribution in [-0.2, 0) is 0 Å². The Morgan fingerprint density at radius 1 is 1.29 bits per heavy atom. The fourth-order valence-electron chi connectivity index (χ4n) is 2.33. The Hall–Kier alpha value is -2.42. The van der Waals surface area contributed by atoms with Gasteiger partial charge in [0.15, 0.2) is 0 Å². The number of halogens is 1. The zero-order chi connectivity index (χ0) is 17.5. The van der Waals surface area contributed by atoms with E-state index in [0.29, 0.717) is 11.3 Å². The third-order valence-corrected chi connectivity index (χ3v) is 3.69. The molecule has 0 fully saturated rings. The van der Waals surface area contributed by atoms with Gasteiger partial charge in [0.2, 0.25) is 0 Å². The molecule has 0 bridgehead atoms. The number of ether oxygens (including phenoxy) is 1. The van der Waals surface area contributed by atoms with Crippen LogP contribution in [0.2, 0.25) is 0 Å². The molecule has 0 saturated carbocycles. The van der Waals surface area contributed by atoms with Crippen molar-refractivity contribution in [3.05, 3.63) is 65.0 Å². The van der Waals surface area contributed by atoms with Gasteiger partial charge in [-0.05, 0) is 43.7 Å². The fourth-order valence-corrected chi connectivity index (χ4v) is 2.33. The van der Waals surface area contributed by atoms with Crippen molar-refractivity contribution in [2.45, 2.75) is 26.0 Å². The van der Waals surface area contributed by atoms with Gasteiger partial charge < -0.3 is 15.2 Å². The summed E-state index contributed by atoms with van der Waals surface area (Å²) in [5, 5.41) is 21.8. The number of nitrogens with zero attached hydrogens (tertiary/aromatic N) is 1. The molecule has 4 nitrogen and oxygen atoms in total. The van der Waals surface area contributed by atoms with Crippen molar-refractivity contribution in [2.75, 3.05) is 13.2 Å². The van der Waals surface area contributed by atoms with E-state index in [1.165, 1.54) is 6.07 Å². The summed E-state index contributed by atoms with van der Waals surface area (Å²) in [5.41, 5.74) is 1.83. The number of aryl methyl sites for hydroxylation is 1. The van der Waals surface area contributed by atoms with Crippen LogP contribution < -0.4 is 10.1 Å². The monoisotopic (exact) mass is 328 g/mol. The van der Waals surface area contributed by atoms with Crippen LogP contribution in [0, 0.1) is 24.1 Å². The SMILES string of the molecule is Cc1cccc(OCC(O)CNC(C)c2ccc(C#N)cc2F)c1. The summed E-state index contributed by atoms with van der Waals surface area (Å²) in [4.78, 5) is 0. The second kappa shape index (κ2) is 8.44. The molecule has 2 rings (SSSR count). The van der Waals surface area contributed by atoms with Gasteiger partial charge in [-0.1, -0.05) is 18.2 Å². The van der Waals surface area contributed by atoms with E-state index in [2.05, 4.69) is 5.32 Å². The van der Waals surface area contributed by atoms with E-state index >= 15 is 0 Å². The van der Waals surface area contributed by atoms with E-state index in [0.717, 1.165) is 5.56 Å². The molecular formula is C19H21FN2O2.